The lowest BCUT2D eigenvalue weighted by molar-refractivity contribution is -0.116. The first kappa shape index (κ1) is 19.1. The molecular formula is C18H19BrClFN4O. The molecule has 0 bridgehead atoms. The highest BCUT2D eigenvalue weighted by Gasteiger charge is 2.18. The highest BCUT2D eigenvalue weighted by Crippen LogP contribution is 2.20. The molecule has 1 aliphatic rings. The summed E-state index contributed by atoms with van der Waals surface area (Å²) in [5, 5.41) is 3.25. The zero-order valence-corrected chi connectivity index (χ0v) is 16.4. The molecule has 3 rings (SSSR count). The molecule has 1 saturated heterocycles. The van der Waals surface area contributed by atoms with Crippen molar-refractivity contribution < 1.29 is 9.18 Å². The van der Waals surface area contributed by atoms with Crippen molar-refractivity contribution in [3.63, 3.8) is 0 Å². The Morgan fingerprint density at radius 3 is 2.65 bits per heavy atom. The first-order valence-electron chi connectivity index (χ1n) is 8.35. The minimum absolute atomic E-state index is 0.187. The molecule has 2 aromatic rings. The molecule has 0 saturated carbocycles. The summed E-state index contributed by atoms with van der Waals surface area (Å²) in [5.41, 5.74) is 0.205. The van der Waals surface area contributed by atoms with E-state index in [1.54, 1.807) is 18.3 Å². The number of nitrogens with one attached hydrogen (secondary N) is 1. The van der Waals surface area contributed by atoms with Crippen molar-refractivity contribution in [2.45, 2.75) is 6.42 Å². The van der Waals surface area contributed by atoms with Gasteiger partial charge in [0.05, 0.1) is 10.7 Å². The zero-order valence-electron chi connectivity index (χ0n) is 14.1. The SMILES string of the molecule is O=C(CCN1CCN(c2ccc(Cl)cn2)CC1)Nc1ccc(Br)cc1F. The minimum Gasteiger partial charge on any atom is -0.354 e. The van der Waals surface area contributed by atoms with Crippen molar-refractivity contribution in [3.05, 3.63) is 51.8 Å². The molecule has 1 aromatic carbocycles. The second kappa shape index (κ2) is 8.79. The molecule has 138 valence electrons. The number of nitrogens with zero attached hydrogens (tertiary/aromatic N) is 3. The van der Waals surface area contributed by atoms with Gasteiger partial charge in [-0.2, -0.15) is 0 Å². The van der Waals surface area contributed by atoms with E-state index in [0.29, 0.717) is 22.5 Å². The van der Waals surface area contributed by atoms with Gasteiger partial charge < -0.3 is 10.2 Å². The molecule has 0 atom stereocenters. The van der Waals surface area contributed by atoms with E-state index in [0.717, 1.165) is 32.0 Å². The van der Waals surface area contributed by atoms with Crippen molar-refractivity contribution in [1.29, 1.82) is 0 Å². The molecule has 1 aromatic heterocycles. The van der Waals surface area contributed by atoms with Gasteiger partial charge in [-0.3, -0.25) is 9.69 Å². The lowest BCUT2D eigenvalue weighted by Crippen LogP contribution is -2.47. The van der Waals surface area contributed by atoms with Crippen molar-refractivity contribution >= 4 is 44.9 Å². The smallest absolute Gasteiger partial charge is 0.225 e. The Kier molecular flexibility index (Phi) is 6.45. The predicted octanol–water partition coefficient (Wildman–Crippen LogP) is 3.79. The second-order valence-electron chi connectivity index (χ2n) is 6.09. The zero-order chi connectivity index (χ0) is 18.5. The highest BCUT2D eigenvalue weighted by molar-refractivity contribution is 9.10. The number of carbonyl (C=O) groups is 1. The summed E-state index contributed by atoms with van der Waals surface area (Å²) in [7, 11) is 0. The lowest BCUT2D eigenvalue weighted by atomic mass is 10.2. The monoisotopic (exact) mass is 440 g/mol. The number of piperazine rings is 1. The van der Waals surface area contributed by atoms with Gasteiger partial charge in [-0.15, -0.1) is 0 Å². The van der Waals surface area contributed by atoms with E-state index in [4.69, 9.17) is 11.6 Å². The van der Waals surface area contributed by atoms with E-state index in [2.05, 4.69) is 36.0 Å². The number of pyridine rings is 1. The maximum absolute atomic E-state index is 13.8. The van der Waals surface area contributed by atoms with Gasteiger partial charge in [-0.1, -0.05) is 27.5 Å². The summed E-state index contributed by atoms with van der Waals surface area (Å²) in [6.45, 7) is 4.04. The standard InChI is InChI=1S/C18H19BrClFN4O/c19-13-1-3-16(15(21)11-13)23-18(26)5-6-24-7-9-25(10-8-24)17-4-2-14(20)12-22-17/h1-4,11-12H,5-10H2,(H,23,26). The maximum Gasteiger partial charge on any atom is 0.225 e. The average Bonchev–Trinajstić information content (AvgIpc) is 2.63. The van der Waals surface area contributed by atoms with Gasteiger partial charge in [-0.25, -0.2) is 9.37 Å². The van der Waals surface area contributed by atoms with Crippen LogP contribution >= 0.6 is 27.5 Å². The molecule has 5 nitrogen and oxygen atoms in total. The Bertz CT molecular complexity index is 766. The van der Waals surface area contributed by atoms with Gasteiger partial charge in [0, 0.05) is 49.8 Å². The van der Waals surface area contributed by atoms with Crippen molar-refractivity contribution in [3.8, 4) is 0 Å². The van der Waals surface area contributed by atoms with Crippen LogP contribution in [0.15, 0.2) is 41.0 Å². The van der Waals surface area contributed by atoms with Gasteiger partial charge >= 0.3 is 0 Å². The Morgan fingerprint density at radius 1 is 1.23 bits per heavy atom. The summed E-state index contributed by atoms with van der Waals surface area (Å²) >= 11 is 9.06. The van der Waals surface area contributed by atoms with Gasteiger partial charge in [0.2, 0.25) is 5.91 Å². The Hall–Kier alpha value is -1.70. The number of hydrogen-bond acceptors (Lipinski definition) is 4. The van der Waals surface area contributed by atoms with E-state index in [1.807, 2.05) is 12.1 Å². The van der Waals surface area contributed by atoms with Crippen LogP contribution in [0.25, 0.3) is 0 Å². The molecule has 0 spiro atoms. The number of carbonyl (C=O) groups excluding carboxylic acids is 1. The molecular weight excluding hydrogens is 423 g/mol. The molecule has 26 heavy (non-hydrogen) atoms. The van der Waals surface area contributed by atoms with Crippen molar-refractivity contribution in [2.75, 3.05) is 42.9 Å². The van der Waals surface area contributed by atoms with Crippen molar-refractivity contribution in [1.82, 2.24) is 9.88 Å². The van der Waals surface area contributed by atoms with Gasteiger partial charge in [0.25, 0.3) is 0 Å². The number of benzene rings is 1. The lowest BCUT2D eigenvalue weighted by Gasteiger charge is -2.35. The van der Waals surface area contributed by atoms with Crippen LogP contribution in [-0.2, 0) is 4.79 Å². The third kappa shape index (κ3) is 5.16. The quantitative estimate of drug-likeness (QED) is 0.767. The summed E-state index contributed by atoms with van der Waals surface area (Å²) in [6.07, 6.45) is 1.98. The molecule has 0 aliphatic carbocycles. The molecule has 8 heteroatoms. The number of aromatic nitrogens is 1. The number of hydrogen-bond donors (Lipinski definition) is 1. The van der Waals surface area contributed by atoms with Crippen LogP contribution in [-0.4, -0.2) is 48.5 Å². The molecule has 0 unspecified atom stereocenters. The molecule has 1 aliphatic heterocycles. The predicted molar refractivity (Wildman–Crippen MR) is 105 cm³/mol. The molecule has 1 N–H and O–H groups in total. The number of halogens is 3. The van der Waals surface area contributed by atoms with E-state index in [9.17, 15) is 9.18 Å². The number of amides is 1. The molecule has 2 heterocycles. The largest absolute Gasteiger partial charge is 0.354 e. The van der Waals surface area contributed by atoms with Crippen LogP contribution in [0, 0.1) is 5.82 Å². The minimum atomic E-state index is -0.447. The van der Waals surface area contributed by atoms with Crippen molar-refractivity contribution in [2.24, 2.45) is 0 Å². The van der Waals surface area contributed by atoms with Crippen LogP contribution in [0.2, 0.25) is 5.02 Å². The fourth-order valence-electron chi connectivity index (χ4n) is 2.82. The van der Waals surface area contributed by atoms with Gasteiger partial charge in [-0.05, 0) is 30.3 Å². The van der Waals surface area contributed by atoms with E-state index < -0.39 is 5.82 Å². The Morgan fingerprint density at radius 2 is 2.00 bits per heavy atom. The van der Waals surface area contributed by atoms with Crippen LogP contribution in [0.5, 0.6) is 0 Å². The molecule has 1 fully saturated rings. The first-order chi connectivity index (χ1) is 12.5. The van der Waals surface area contributed by atoms with E-state index >= 15 is 0 Å². The third-order valence-electron chi connectivity index (χ3n) is 4.27. The summed E-state index contributed by atoms with van der Waals surface area (Å²) in [6, 6.07) is 8.33. The average molecular weight is 442 g/mol. The third-order valence-corrected chi connectivity index (χ3v) is 4.99. The summed E-state index contributed by atoms with van der Waals surface area (Å²) in [5.74, 6) is 0.280. The molecule has 1 amide bonds. The first-order valence-corrected chi connectivity index (χ1v) is 9.52. The Balaban J connectivity index is 1.43. The highest BCUT2D eigenvalue weighted by atomic mass is 79.9. The second-order valence-corrected chi connectivity index (χ2v) is 7.44. The maximum atomic E-state index is 13.8. The summed E-state index contributed by atoms with van der Waals surface area (Å²) < 4.78 is 14.4. The number of anilines is 2. The van der Waals surface area contributed by atoms with Gasteiger partial charge in [0.15, 0.2) is 0 Å². The van der Waals surface area contributed by atoms with Crippen LogP contribution < -0.4 is 10.2 Å². The fraction of sp³-hybridized carbons (Fsp3) is 0.333. The number of rotatable bonds is 5. The normalized spacial score (nSPS) is 15.1. The summed E-state index contributed by atoms with van der Waals surface area (Å²) in [4.78, 5) is 20.8. The van der Waals surface area contributed by atoms with Crippen LogP contribution in [0.1, 0.15) is 6.42 Å². The Labute approximate surface area is 165 Å². The van der Waals surface area contributed by atoms with E-state index in [1.165, 1.54) is 6.07 Å². The topological polar surface area (TPSA) is 48.5 Å². The van der Waals surface area contributed by atoms with Crippen LogP contribution in [0.3, 0.4) is 0 Å². The fourth-order valence-corrected chi connectivity index (χ4v) is 3.26. The van der Waals surface area contributed by atoms with E-state index in [-0.39, 0.29) is 11.6 Å². The van der Waals surface area contributed by atoms with Gasteiger partial charge in [0.1, 0.15) is 11.6 Å². The molecule has 0 radical (unpaired) electrons. The van der Waals surface area contributed by atoms with Crippen LogP contribution in [0.4, 0.5) is 15.9 Å².